The second-order valence-electron chi connectivity index (χ2n) is 9.90. The number of hydrogen-bond acceptors (Lipinski definition) is 8. The zero-order valence-corrected chi connectivity index (χ0v) is 23.0. The molecule has 3 amide bonds. The van der Waals surface area contributed by atoms with Gasteiger partial charge in [-0.2, -0.15) is 0 Å². The minimum Gasteiger partial charge on any atom is -0.508 e. The van der Waals surface area contributed by atoms with Crippen LogP contribution in [-0.4, -0.2) is 80.5 Å². The number of nitrogens with two attached hydrogens (primary N) is 3. The second kappa shape index (κ2) is 15.8. The van der Waals surface area contributed by atoms with Gasteiger partial charge in [0.05, 0.1) is 12.4 Å². The predicted octanol–water partition coefficient (Wildman–Crippen LogP) is -1.52. The molecule has 0 saturated heterocycles. The standard InChI is InChI=1S/C26H39N9O6/c1-14(2)21(25(40)41)35-24(39)20(10-15-5-7-17(36)8-6-15)34-23(38)19(4-3-9-31-26(28)29)33-22(37)18(27)11-16-12-30-13-32-16/h5-8,12-14,18-21,36H,3-4,9-11,27H2,1-2H3,(H,30,32)(H,33,37)(H,34,38)(H,35,39)(H,40,41)(H4,28,29,31). The lowest BCUT2D eigenvalue weighted by Gasteiger charge is -2.26. The molecule has 4 unspecified atom stereocenters. The first-order valence-corrected chi connectivity index (χ1v) is 13.1. The Balaban J connectivity index is 2.25. The number of rotatable bonds is 16. The van der Waals surface area contributed by atoms with Crippen LogP contribution in [0.5, 0.6) is 5.75 Å². The molecule has 41 heavy (non-hydrogen) atoms. The molecule has 1 heterocycles. The zero-order valence-electron chi connectivity index (χ0n) is 23.0. The number of aliphatic carboxylic acids is 1. The number of amides is 3. The summed E-state index contributed by atoms with van der Waals surface area (Å²) in [5, 5.41) is 26.9. The highest BCUT2D eigenvalue weighted by Gasteiger charge is 2.31. The number of nitrogens with zero attached hydrogens (tertiary/aromatic N) is 2. The van der Waals surface area contributed by atoms with E-state index < -0.39 is 53.8 Å². The van der Waals surface area contributed by atoms with E-state index in [0.717, 1.165) is 0 Å². The first kappa shape index (κ1) is 32.6. The number of benzene rings is 1. The van der Waals surface area contributed by atoms with Crippen LogP contribution in [0, 0.1) is 5.92 Å². The van der Waals surface area contributed by atoms with Gasteiger partial charge < -0.3 is 48.3 Å². The van der Waals surface area contributed by atoms with Crippen molar-refractivity contribution >= 4 is 29.7 Å². The van der Waals surface area contributed by atoms with Gasteiger partial charge in [-0.05, 0) is 36.5 Å². The minimum atomic E-state index is -1.22. The van der Waals surface area contributed by atoms with Crippen LogP contribution in [0.3, 0.4) is 0 Å². The molecular formula is C26H39N9O6. The third kappa shape index (κ3) is 11.2. The van der Waals surface area contributed by atoms with E-state index in [4.69, 9.17) is 17.2 Å². The molecule has 0 aliphatic rings. The van der Waals surface area contributed by atoms with Crippen molar-refractivity contribution in [3.8, 4) is 5.75 Å². The fourth-order valence-electron chi connectivity index (χ4n) is 3.89. The van der Waals surface area contributed by atoms with E-state index in [2.05, 4.69) is 30.9 Å². The molecule has 0 spiro atoms. The van der Waals surface area contributed by atoms with Crippen molar-refractivity contribution in [1.82, 2.24) is 25.9 Å². The van der Waals surface area contributed by atoms with Gasteiger partial charge in [0.15, 0.2) is 5.96 Å². The highest BCUT2D eigenvalue weighted by Crippen LogP contribution is 2.13. The van der Waals surface area contributed by atoms with Gasteiger partial charge in [-0.3, -0.25) is 19.4 Å². The van der Waals surface area contributed by atoms with E-state index in [1.807, 2.05) is 0 Å². The van der Waals surface area contributed by atoms with Gasteiger partial charge in [0, 0.05) is 31.3 Å². The molecule has 0 fully saturated rings. The van der Waals surface area contributed by atoms with Crippen LogP contribution in [0.2, 0.25) is 0 Å². The Labute approximate surface area is 237 Å². The topological polar surface area (TPSA) is 264 Å². The number of phenolic OH excluding ortho intramolecular Hbond substituents is 1. The van der Waals surface area contributed by atoms with Crippen molar-refractivity contribution in [3.63, 3.8) is 0 Å². The van der Waals surface area contributed by atoms with Crippen LogP contribution in [0.25, 0.3) is 0 Å². The summed E-state index contributed by atoms with van der Waals surface area (Å²) in [7, 11) is 0. The first-order chi connectivity index (χ1) is 19.4. The Morgan fingerprint density at radius 1 is 0.976 bits per heavy atom. The summed E-state index contributed by atoms with van der Waals surface area (Å²) in [5.74, 6) is -3.78. The lowest BCUT2D eigenvalue weighted by molar-refractivity contribution is -0.143. The van der Waals surface area contributed by atoms with E-state index in [-0.39, 0.29) is 37.5 Å². The Morgan fingerprint density at radius 2 is 1.61 bits per heavy atom. The van der Waals surface area contributed by atoms with E-state index in [0.29, 0.717) is 17.7 Å². The summed E-state index contributed by atoms with van der Waals surface area (Å²) in [5.41, 5.74) is 18.0. The molecule has 15 heteroatoms. The number of carbonyl (C=O) groups excluding carboxylic acids is 3. The number of aliphatic imine (C=N–C) groups is 1. The van der Waals surface area contributed by atoms with Gasteiger partial charge in [-0.25, -0.2) is 9.78 Å². The molecule has 4 atom stereocenters. The van der Waals surface area contributed by atoms with Crippen molar-refractivity contribution < 1.29 is 29.4 Å². The SMILES string of the molecule is CC(C)C(NC(=O)C(Cc1ccc(O)cc1)NC(=O)C(CCCN=C(N)N)NC(=O)C(N)Cc1cnc[nH]1)C(=O)O. The van der Waals surface area contributed by atoms with Gasteiger partial charge in [-0.15, -0.1) is 0 Å². The summed E-state index contributed by atoms with van der Waals surface area (Å²) in [6, 6.07) is 1.48. The maximum Gasteiger partial charge on any atom is 0.326 e. The van der Waals surface area contributed by atoms with Crippen molar-refractivity contribution in [2.24, 2.45) is 28.1 Å². The smallest absolute Gasteiger partial charge is 0.326 e. The number of aromatic nitrogens is 2. The normalized spacial score (nSPS) is 13.9. The number of carbonyl (C=O) groups is 4. The van der Waals surface area contributed by atoms with Gasteiger partial charge >= 0.3 is 5.97 Å². The quantitative estimate of drug-likeness (QED) is 0.0635. The van der Waals surface area contributed by atoms with Crippen molar-refractivity contribution in [3.05, 3.63) is 48.0 Å². The number of guanidine groups is 1. The summed E-state index contributed by atoms with van der Waals surface area (Å²) < 4.78 is 0. The van der Waals surface area contributed by atoms with E-state index in [1.54, 1.807) is 26.0 Å². The van der Waals surface area contributed by atoms with Crippen molar-refractivity contribution in [1.29, 1.82) is 0 Å². The first-order valence-electron chi connectivity index (χ1n) is 13.1. The third-order valence-corrected chi connectivity index (χ3v) is 6.15. The van der Waals surface area contributed by atoms with Crippen molar-refractivity contribution in [2.45, 2.75) is 63.7 Å². The Kier molecular flexibility index (Phi) is 12.6. The molecular weight excluding hydrogens is 534 g/mol. The van der Waals surface area contributed by atoms with Gasteiger partial charge in [0.1, 0.15) is 23.9 Å². The van der Waals surface area contributed by atoms with Crippen LogP contribution >= 0.6 is 0 Å². The number of aromatic hydroxyl groups is 1. The number of aromatic amines is 1. The molecule has 1 aromatic carbocycles. The van der Waals surface area contributed by atoms with Crippen LogP contribution in [0.15, 0.2) is 41.8 Å². The minimum absolute atomic E-state index is 0.0135. The maximum atomic E-state index is 13.5. The van der Waals surface area contributed by atoms with Crippen LogP contribution < -0.4 is 33.2 Å². The number of carboxylic acids is 1. The number of H-pyrrole nitrogens is 1. The average molecular weight is 574 g/mol. The number of carboxylic acid groups (broad SMARTS) is 1. The summed E-state index contributed by atoms with van der Waals surface area (Å²) >= 11 is 0. The Bertz CT molecular complexity index is 1180. The maximum absolute atomic E-state index is 13.5. The molecule has 0 bridgehead atoms. The number of nitrogens with one attached hydrogen (secondary N) is 4. The van der Waals surface area contributed by atoms with Gasteiger partial charge in [-0.1, -0.05) is 26.0 Å². The van der Waals surface area contributed by atoms with Crippen LogP contribution in [0.1, 0.15) is 37.9 Å². The van der Waals surface area contributed by atoms with E-state index in [1.165, 1.54) is 24.7 Å². The molecule has 12 N–H and O–H groups in total. The molecule has 0 aliphatic heterocycles. The molecule has 2 rings (SSSR count). The van der Waals surface area contributed by atoms with E-state index >= 15 is 0 Å². The highest BCUT2D eigenvalue weighted by molar-refractivity contribution is 5.94. The predicted molar refractivity (Wildman–Crippen MR) is 150 cm³/mol. The lowest BCUT2D eigenvalue weighted by Crippen LogP contribution is -2.58. The van der Waals surface area contributed by atoms with Gasteiger partial charge in [0.2, 0.25) is 17.7 Å². The molecule has 0 aliphatic carbocycles. The Hall–Kier alpha value is -4.66. The third-order valence-electron chi connectivity index (χ3n) is 6.15. The largest absolute Gasteiger partial charge is 0.508 e. The van der Waals surface area contributed by atoms with Crippen LogP contribution in [0.4, 0.5) is 0 Å². The fourth-order valence-corrected chi connectivity index (χ4v) is 3.89. The van der Waals surface area contributed by atoms with Gasteiger partial charge in [0.25, 0.3) is 0 Å². The highest BCUT2D eigenvalue weighted by atomic mass is 16.4. The van der Waals surface area contributed by atoms with E-state index in [9.17, 15) is 29.4 Å². The molecule has 1 aromatic heterocycles. The Morgan fingerprint density at radius 3 is 2.17 bits per heavy atom. The summed E-state index contributed by atoms with van der Waals surface area (Å²) in [6.45, 7) is 3.47. The number of imidazole rings is 1. The van der Waals surface area contributed by atoms with Crippen LogP contribution in [-0.2, 0) is 32.0 Å². The molecule has 2 aromatic rings. The molecule has 0 saturated carbocycles. The number of hydrogen-bond donors (Lipinski definition) is 9. The summed E-state index contributed by atoms with van der Waals surface area (Å²) in [6.07, 6.45) is 3.54. The zero-order chi connectivity index (χ0) is 30.5. The van der Waals surface area contributed by atoms with Crippen molar-refractivity contribution in [2.75, 3.05) is 6.54 Å². The average Bonchev–Trinajstić information content (AvgIpc) is 3.41. The summed E-state index contributed by atoms with van der Waals surface area (Å²) in [4.78, 5) is 61.9. The molecule has 0 radical (unpaired) electrons. The molecule has 224 valence electrons. The second-order valence-corrected chi connectivity index (χ2v) is 9.90. The monoisotopic (exact) mass is 573 g/mol. The molecule has 15 nitrogen and oxygen atoms in total. The fraction of sp³-hybridized carbons (Fsp3) is 0.462. The number of phenols is 1. The lowest BCUT2D eigenvalue weighted by atomic mass is 10.0.